The van der Waals surface area contributed by atoms with Crippen LogP contribution in [-0.2, 0) is 0 Å². The molecule has 0 saturated heterocycles. The Morgan fingerprint density at radius 2 is 2.12 bits per heavy atom. The van der Waals surface area contributed by atoms with Crippen LogP contribution in [0.2, 0.25) is 0 Å². The van der Waals surface area contributed by atoms with Crippen molar-refractivity contribution in [3.63, 3.8) is 0 Å². The highest BCUT2D eigenvalue weighted by atomic mass is 15.1. The van der Waals surface area contributed by atoms with Gasteiger partial charge in [0, 0.05) is 6.04 Å². The van der Waals surface area contributed by atoms with E-state index >= 15 is 0 Å². The Bertz CT molecular complexity index is 524. The summed E-state index contributed by atoms with van der Waals surface area (Å²) in [4.78, 5) is 8.98. The molecule has 88 valence electrons. The maximum atomic E-state index is 4.58. The Hall–Kier alpha value is -1.64. The first kappa shape index (κ1) is 10.5. The molecule has 0 radical (unpaired) electrons. The maximum absolute atomic E-state index is 4.58. The predicted octanol–water partition coefficient (Wildman–Crippen LogP) is 3.23. The first-order valence-electron chi connectivity index (χ1n) is 6.35. The summed E-state index contributed by atoms with van der Waals surface area (Å²) < 4.78 is 0. The van der Waals surface area contributed by atoms with Gasteiger partial charge >= 0.3 is 0 Å². The SMILES string of the molecule is CCCC1CC1Nc1cnc2ccccc2n1. The van der Waals surface area contributed by atoms with Gasteiger partial charge in [0.1, 0.15) is 5.82 Å². The molecule has 1 heterocycles. The van der Waals surface area contributed by atoms with Gasteiger partial charge in [-0.25, -0.2) is 4.98 Å². The van der Waals surface area contributed by atoms with Gasteiger partial charge in [0.2, 0.25) is 0 Å². The molecule has 1 aliphatic rings. The number of nitrogens with one attached hydrogen (secondary N) is 1. The van der Waals surface area contributed by atoms with Crippen molar-refractivity contribution in [2.75, 3.05) is 5.32 Å². The molecule has 3 nitrogen and oxygen atoms in total. The third-order valence-corrected chi connectivity index (χ3v) is 3.36. The number of hydrogen-bond donors (Lipinski definition) is 1. The first-order valence-corrected chi connectivity index (χ1v) is 6.35. The average Bonchev–Trinajstić information content (AvgIpc) is 3.08. The van der Waals surface area contributed by atoms with Crippen molar-refractivity contribution >= 4 is 16.9 Å². The van der Waals surface area contributed by atoms with E-state index in [1.165, 1.54) is 19.3 Å². The third kappa shape index (κ3) is 2.23. The molecule has 1 aromatic heterocycles. The molecule has 17 heavy (non-hydrogen) atoms. The number of hydrogen-bond acceptors (Lipinski definition) is 3. The number of aromatic nitrogens is 2. The van der Waals surface area contributed by atoms with Gasteiger partial charge in [0.15, 0.2) is 0 Å². The molecule has 0 aliphatic heterocycles. The van der Waals surface area contributed by atoms with Gasteiger partial charge in [-0.15, -0.1) is 0 Å². The summed E-state index contributed by atoms with van der Waals surface area (Å²) in [5.74, 6) is 1.75. The summed E-state index contributed by atoms with van der Waals surface area (Å²) >= 11 is 0. The molecule has 3 rings (SSSR count). The summed E-state index contributed by atoms with van der Waals surface area (Å²) in [6.07, 6.45) is 5.71. The highest BCUT2D eigenvalue weighted by molar-refractivity contribution is 5.75. The molecule has 3 heteroatoms. The summed E-state index contributed by atoms with van der Waals surface area (Å²) in [5.41, 5.74) is 1.92. The van der Waals surface area contributed by atoms with Crippen LogP contribution in [0.15, 0.2) is 30.5 Å². The molecular weight excluding hydrogens is 210 g/mol. The van der Waals surface area contributed by atoms with Gasteiger partial charge < -0.3 is 5.32 Å². The number of nitrogens with zero attached hydrogens (tertiary/aromatic N) is 2. The van der Waals surface area contributed by atoms with Crippen molar-refractivity contribution in [2.24, 2.45) is 5.92 Å². The Labute approximate surface area is 101 Å². The maximum Gasteiger partial charge on any atom is 0.145 e. The van der Waals surface area contributed by atoms with Crippen LogP contribution in [0.3, 0.4) is 0 Å². The minimum absolute atomic E-state index is 0.616. The third-order valence-electron chi connectivity index (χ3n) is 3.36. The Balaban J connectivity index is 1.74. The van der Waals surface area contributed by atoms with Gasteiger partial charge in [0.05, 0.1) is 17.2 Å². The Kier molecular flexibility index (Phi) is 2.67. The molecule has 0 bridgehead atoms. The normalized spacial score (nSPS) is 22.6. The van der Waals surface area contributed by atoms with Crippen LogP contribution in [0, 0.1) is 5.92 Å². The Morgan fingerprint density at radius 3 is 2.94 bits per heavy atom. The molecule has 2 unspecified atom stereocenters. The van der Waals surface area contributed by atoms with Crippen molar-refractivity contribution in [3.05, 3.63) is 30.5 Å². The molecule has 0 spiro atoms. The van der Waals surface area contributed by atoms with Gasteiger partial charge in [-0.3, -0.25) is 4.98 Å². The van der Waals surface area contributed by atoms with Crippen LogP contribution in [-0.4, -0.2) is 16.0 Å². The zero-order valence-electron chi connectivity index (χ0n) is 10.1. The van der Waals surface area contributed by atoms with E-state index in [-0.39, 0.29) is 0 Å². The molecule has 1 aliphatic carbocycles. The fraction of sp³-hybridized carbons (Fsp3) is 0.429. The molecule has 1 saturated carbocycles. The average molecular weight is 227 g/mol. The number of anilines is 1. The fourth-order valence-corrected chi connectivity index (χ4v) is 2.33. The molecule has 0 amide bonds. The van der Waals surface area contributed by atoms with E-state index in [4.69, 9.17) is 0 Å². The predicted molar refractivity (Wildman–Crippen MR) is 70.0 cm³/mol. The minimum Gasteiger partial charge on any atom is -0.366 e. The van der Waals surface area contributed by atoms with E-state index in [9.17, 15) is 0 Å². The largest absolute Gasteiger partial charge is 0.366 e. The second-order valence-electron chi connectivity index (χ2n) is 4.78. The summed E-state index contributed by atoms with van der Waals surface area (Å²) in [5, 5.41) is 3.47. The van der Waals surface area contributed by atoms with Crippen molar-refractivity contribution in [1.82, 2.24) is 9.97 Å². The van der Waals surface area contributed by atoms with Gasteiger partial charge in [-0.1, -0.05) is 25.5 Å². The second-order valence-corrected chi connectivity index (χ2v) is 4.78. The van der Waals surface area contributed by atoms with Crippen molar-refractivity contribution < 1.29 is 0 Å². The number of rotatable bonds is 4. The van der Waals surface area contributed by atoms with Crippen LogP contribution < -0.4 is 5.32 Å². The van der Waals surface area contributed by atoms with E-state index in [1.54, 1.807) is 0 Å². The second kappa shape index (κ2) is 4.32. The van der Waals surface area contributed by atoms with Crippen LogP contribution in [0.5, 0.6) is 0 Å². The van der Waals surface area contributed by atoms with Crippen molar-refractivity contribution in [1.29, 1.82) is 0 Å². The summed E-state index contributed by atoms with van der Waals surface area (Å²) in [6, 6.07) is 8.60. The molecule has 1 N–H and O–H groups in total. The molecular formula is C14H17N3. The van der Waals surface area contributed by atoms with Gasteiger partial charge in [0.25, 0.3) is 0 Å². The summed E-state index contributed by atoms with van der Waals surface area (Å²) in [6.45, 7) is 2.24. The number of fused-ring (bicyclic) bond motifs is 1. The van der Waals surface area contributed by atoms with Gasteiger partial charge in [-0.2, -0.15) is 0 Å². The van der Waals surface area contributed by atoms with E-state index in [2.05, 4.69) is 22.2 Å². The Morgan fingerprint density at radius 1 is 1.29 bits per heavy atom. The highest BCUT2D eigenvalue weighted by Gasteiger charge is 2.36. The smallest absolute Gasteiger partial charge is 0.145 e. The van der Waals surface area contributed by atoms with Gasteiger partial charge in [-0.05, 0) is 30.9 Å². The fourth-order valence-electron chi connectivity index (χ4n) is 2.33. The van der Waals surface area contributed by atoms with Crippen molar-refractivity contribution in [2.45, 2.75) is 32.2 Å². The topological polar surface area (TPSA) is 37.8 Å². The zero-order valence-corrected chi connectivity index (χ0v) is 10.1. The van der Waals surface area contributed by atoms with Crippen LogP contribution in [0.4, 0.5) is 5.82 Å². The van der Waals surface area contributed by atoms with E-state index in [0.717, 1.165) is 22.8 Å². The highest BCUT2D eigenvalue weighted by Crippen LogP contribution is 2.36. The molecule has 2 atom stereocenters. The van der Waals surface area contributed by atoms with E-state index < -0.39 is 0 Å². The monoisotopic (exact) mass is 227 g/mol. The molecule has 1 aromatic carbocycles. The lowest BCUT2D eigenvalue weighted by atomic mass is 10.2. The lowest BCUT2D eigenvalue weighted by Crippen LogP contribution is -2.06. The lowest BCUT2D eigenvalue weighted by molar-refractivity contribution is 0.692. The molecule has 2 aromatic rings. The number of benzene rings is 1. The van der Waals surface area contributed by atoms with Crippen LogP contribution in [0.1, 0.15) is 26.2 Å². The minimum atomic E-state index is 0.616. The lowest BCUT2D eigenvalue weighted by Gasteiger charge is -2.05. The van der Waals surface area contributed by atoms with E-state index in [1.807, 2.05) is 30.5 Å². The van der Waals surface area contributed by atoms with E-state index in [0.29, 0.717) is 6.04 Å². The number of para-hydroxylation sites is 2. The standard InChI is InChI=1S/C14H17N3/c1-2-5-10-8-13(10)17-14-9-15-11-6-3-4-7-12(11)16-14/h3-4,6-7,9-10,13H,2,5,8H2,1H3,(H,16,17). The summed E-state index contributed by atoms with van der Waals surface area (Å²) in [7, 11) is 0. The molecule has 1 fully saturated rings. The van der Waals surface area contributed by atoms with Crippen LogP contribution in [0.25, 0.3) is 11.0 Å². The quantitative estimate of drug-likeness (QED) is 0.871. The van der Waals surface area contributed by atoms with Crippen molar-refractivity contribution in [3.8, 4) is 0 Å². The zero-order chi connectivity index (χ0) is 11.7. The first-order chi connectivity index (χ1) is 8.36. The van der Waals surface area contributed by atoms with Crippen LogP contribution >= 0.6 is 0 Å².